The van der Waals surface area contributed by atoms with Gasteiger partial charge in [-0.3, -0.25) is 9.59 Å². The van der Waals surface area contributed by atoms with Crippen LogP contribution < -0.4 is 5.73 Å². The second kappa shape index (κ2) is 7.19. The van der Waals surface area contributed by atoms with Crippen molar-refractivity contribution in [1.82, 2.24) is 4.90 Å². The summed E-state index contributed by atoms with van der Waals surface area (Å²) < 4.78 is 0. The molecule has 1 atom stereocenters. The molecule has 19 heavy (non-hydrogen) atoms. The normalized spacial score (nSPS) is 11.4. The molecule has 0 aliphatic rings. The molecule has 0 aliphatic heterocycles. The van der Waals surface area contributed by atoms with Gasteiger partial charge in [0.05, 0.1) is 12.6 Å². The van der Waals surface area contributed by atoms with Crippen LogP contribution in [-0.4, -0.2) is 41.0 Å². The lowest BCUT2D eigenvalue weighted by Crippen LogP contribution is -2.47. The summed E-state index contributed by atoms with van der Waals surface area (Å²) in [5.74, 6) is 0.689. The largest absolute Gasteiger partial charge is 0.480 e. The Bertz CT molecular complexity index is 479. The molecule has 0 heterocycles. The third-order valence-electron chi connectivity index (χ3n) is 2.54. The molecule has 0 radical (unpaired) electrons. The van der Waals surface area contributed by atoms with Crippen LogP contribution in [0.15, 0.2) is 30.3 Å². The maximum Gasteiger partial charge on any atom is 0.323 e. The van der Waals surface area contributed by atoms with Crippen LogP contribution in [0.2, 0.25) is 0 Å². The predicted molar refractivity (Wildman–Crippen MR) is 71.2 cm³/mol. The van der Waals surface area contributed by atoms with Crippen molar-refractivity contribution in [3.8, 4) is 12.3 Å². The number of hydrogen-bond donors (Lipinski definition) is 2. The number of carboxylic acid groups (broad SMARTS) is 1. The van der Waals surface area contributed by atoms with Gasteiger partial charge in [0.2, 0.25) is 5.91 Å². The zero-order chi connectivity index (χ0) is 14.3. The lowest BCUT2D eigenvalue weighted by molar-refractivity contribution is -0.144. The van der Waals surface area contributed by atoms with Crippen molar-refractivity contribution in [3.05, 3.63) is 35.9 Å². The minimum Gasteiger partial charge on any atom is -0.480 e. The highest BCUT2D eigenvalue weighted by Crippen LogP contribution is 2.04. The second-order valence-electron chi connectivity index (χ2n) is 4.09. The number of nitrogens with two attached hydrogens (primary N) is 1. The Kier molecular flexibility index (Phi) is 5.58. The van der Waals surface area contributed by atoms with E-state index in [1.807, 2.05) is 30.3 Å². The van der Waals surface area contributed by atoms with Gasteiger partial charge in [0.25, 0.3) is 0 Å². The van der Waals surface area contributed by atoms with E-state index in [1.165, 1.54) is 0 Å². The summed E-state index contributed by atoms with van der Waals surface area (Å²) in [4.78, 5) is 23.7. The Morgan fingerprint density at radius 1 is 1.37 bits per heavy atom. The molecule has 0 fully saturated rings. The highest BCUT2D eigenvalue weighted by Gasteiger charge is 2.22. The summed E-state index contributed by atoms with van der Waals surface area (Å²) in [6, 6.07) is 8.49. The summed E-state index contributed by atoms with van der Waals surface area (Å²) in [5.41, 5.74) is 6.72. The third kappa shape index (κ3) is 4.82. The number of carbonyl (C=O) groups is 2. The van der Waals surface area contributed by atoms with E-state index < -0.39 is 24.5 Å². The molecule has 0 aliphatic carbocycles. The van der Waals surface area contributed by atoms with Gasteiger partial charge in [0, 0.05) is 0 Å². The first-order chi connectivity index (χ1) is 9.04. The van der Waals surface area contributed by atoms with Crippen molar-refractivity contribution in [1.29, 1.82) is 0 Å². The van der Waals surface area contributed by atoms with E-state index in [9.17, 15) is 9.59 Å². The maximum atomic E-state index is 12.0. The molecule has 5 heteroatoms. The van der Waals surface area contributed by atoms with E-state index in [-0.39, 0.29) is 6.54 Å². The maximum absolute atomic E-state index is 12.0. The minimum atomic E-state index is -1.12. The molecule has 5 nitrogen and oxygen atoms in total. The predicted octanol–water partition coefficient (Wildman–Crippen LogP) is 0.103. The average molecular weight is 260 g/mol. The summed E-state index contributed by atoms with van der Waals surface area (Å²) in [6.45, 7) is -0.501. The Labute approximate surface area is 112 Å². The van der Waals surface area contributed by atoms with Crippen LogP contribution in [0.25, 0.3) is 0 Å². The van der Waals surface area contributed by atoms with Gasteiger partial charge in [0.1, 0.15) is 6.54 Å². The molecular weight excluding hydrogens is 244 g/mol. The number of carboxylic acids is 1. The van der Waals surface area contributed by atoms with Crippen molar-refractivity contribution < 1.29 is 14.7 Å². The lowest BCUT2D eigenvalue weighted by atomic mass is 10.1. The smallest absolute Gasteiger partial charge is 0.323 e. The van der Waals surface area contributed by atoms with Crippen LogP contribution in [0.3, 0.4) is 0 Å². The van der Waals surface area contributed by atoms with Gasteiger partial charge < -0.3 is 15.7 Å². The number of nitrogens with zero attached hydrogens (tertiary/aromatic N) is 1. The third-order valence-corrected chi connectivity index (χ3v) is 2.54. The Hall–Kier alpha value is -2.32. The van der Waals surface area contributed by atoms with Crippen LogP contribution in [0.1, 0.15) is 5.56 Å². The zero-order valence-electron chi connectivity index (χ0n) is 10.5. The van der Waals surface area contributed by atoms with Crippen molar-refractivity contribution >= 4 is 11.9 Å². The van der Waals surface area contributed by atoms with Gasteiger partial charge in [0.15, 0.2) is 0 Å². The molecule has 100 valence electrons. The highest BCUT2D eigenvalue weighted by atomic mass is 16.4. The molecule has 0 saturated carbocycles. The first kappa shape index (κ1) is 14.7. The number of aliphatic carboxylic acids is 1. The molecule has 0 aromatic heterocycles. The zero-order valence-corrected chi connectivity index (χ0v) is 10.5. The van der Waals surface area contributed by atoms with E-state index in [1.54, 1.807) is 0 Å². The van der Waals surface area contributed by atoms with Crippen molar-refractivity contribution in [3.63, 3.8) is 0 Å². The van der Waals surface area contributed by atoms with Crippen LogP contribution in [0.5, 0.6) is 0 Å². The Balaban J connectivity index is 2.68. The van der Waals surface area contributed by atoms with Gasteiger partial charge in [-0.1, -0.05) is 36.3 Å². The molecule has 0 bridgehead atoms. The van der Waals surface area contributed by atoms with Crippen LogP contribution >= 0.6 is 0 Å². The van der Waals surface area contributed by atoms with E-state index >= 15 is 0 Å². The lowest BCUT2D eigenvalue weighted by Gasteiger charge is -2.22. The van der Waals surface area contributed by atoms with E-state index in [0.717, 1.165) is 10.5 Å². The van der Waals surface area contributed by atoms with Crippen molar-refractivity contribution in [2.75, 3.05) is 13.1 Å². The number of carbonyl (C=O) groups excluding carboxylic acids is 1. The Morgan fingerprint density at radius 3 is 2.53 bits per heavy atom. The first-order valence-electron chi connectivity index (χ1n) is 5.78. The summed E-state index contributed by atoms with van der Waals surface area (Å²) in [6.07, 6.45) is 5.47. The molecule has 1 rings (SSSR count). The van der Waals surface area contributed by atoms with Gasteiger partial charge in [-0.25, -0.2) is 0 Å². The fourth-order valence-electron chi connectivity index (χ4n) is 1.68. The highest BCUT2D eigenvalue weighted by molar-refractivity contribution is 5.85. The summed E-state index contributed by atoms with van der Waals surface area (Å²) in [5, 5.41) is 8.73. The minimum absolute atomic E-state index is 0.0619. The van der Waals surface area contributed by atoms with Crippen LogP contribution in [0, 0.1) is 12.3 Å². The number of benzene rings is 1. The number of terminal acetylenes is 1. The molecule has 3 N–H and O–H groups in total. The van der Waals surface area contributed by atoms with Crippen molar-refractivity contribution in [2.24, 2.45) is 5.73 Å². The molecule has 1 amide bonds. The van der Waals surface area contributed by atoms with E-state index in [4.69, 9.17) is 17.3 Å². The molecule has 0 saturated heterocycles. The van der Waals surface area contributed by atoms with E-state index in [2.05, 4.69) is 5.92 Å². The van der Waals surface area contributed by atoms with Crippen molar-refractivity contribution in [2.45, 2.75) is 12.5 Å². The first-order valence-corrected chi connectivity index (χ1v) is 5.78. The second-order valence-corrected chi connectivity index (χ2v) is 4.09. The Morgan fingerprint density at radius 2 is 2.00 bits per heavy atom. The summed E-state index contributed by atoms with van der Waals surface area (Å²) >= 11 is 0. The van der Waals surface area contributed by atoms with Crippen LogP contribution in [0.4, 0.5) is 0 Å². The molecule has 0 unspecified atom stereocenters. The monoisotopic (exact) mass is 260 g/mol. The number of hydrogen-bond acceptors (Lipinski definition) is 3. The standard InChI is InChI=1S/C14H16N2O3/c1-2-8-16(10-13(17)18)14(19)12(15)9-11-6-4-3-5-7-11/h1,3-7,12H,8-10,15H2,(H,17,18)/t12-/m1/s1. The van der Waals surface area contributed by atoms with Gasteiger partial charge in [-0.2, -0.15) is 0 Å². The summed E-state index contributed by atoms with van der Waals surface area (Å²) in [7, 11) is 0. The fraction of sp³-hybridized carbons (Fsp3) is 0.286. The topological polar surface area (TPSA) is 83.6 Å². The molecule has 1 aromatic rings. The molecule has 1 aromatic carbocycles. The van der Waals surface area contributed by atoms with Gasteiger partial charge in [-0.15, -0.1) is 6.42 Å². The SMILES string of the molecule is C#CCN(CC(=O)O)C(=O)[C@H](N)Cc1ccccc1. The van der Waals surface area contributed by atoms with Crippen LogP contribution in [-0.2, 0) is 16.0 Å². The quantitative estimate of drug-likeness (QED) is 0.711. The van der Waals surface area contributed by atoms with Gasteiger partial charge >= 0.3 is 5.97 Å². The molecular formula is C14H16N2O3. The molecule has 0 spiro atoms. The fourth-order valence-corrected chi connectivity index (χ4v) is 1.68. The number of rotatable bonds is 6. The average Bonchev–Trinajstić information content (AvgIpc) is 2.38. The van der Waals surface area contributed by atoms with E-state index in [0.29, 0.717) is 6.42 Å². The number of amides is 1. The van der Waals surface area contributed by atoms with Gasteiger partial charge in [-0.05, 0) is 12.0 Å².